The standard InChI is InChI=1S/C13H22ClNSi/c1-4-12-16(14,15(5-2)6-3)13-10-8-7-9-11-13/h7-11H,4-6,12H2,1-3H3. The number of nitrogens with zero attached hydrogens (tertiary/aromatic N) is 1. The molecule has 0 aliphatic carbocycles. The van der Waals surface area contributed by atoms with Gasteiger partial charge in [0.05, 0.1) is 0 Å². The summed E-state index contributed by atoms with van der Waals surface area (Å²) >= 11 is 7.00. The summed E-state index contributed by atoms with van der Waals surface area (Å²) in [7, 11) is -1.95. The van der Waals surface area contributed by atoms with Crippen molar-refractivity contribution in [2.45, 2.75) is 33.2 Å². The van der Waals surface area contributed by atoms with E-state index in [-0.39, 0.29) is 0 Å². The molecule has 1 unspecified atom stereocenters. The zero-order chi connectivity index (χ0) is 12.0. The molecule has 0 spiro atoms. The van der Waals surface area contributed by atoms with E-state index in [4.69, 9.17) is 11.1 Å². The Bertz CT molecular complexity index is 300. The summed E-state index contributed by atoms with van der Waals surface area (Å²) in [6, 6.07) is 11.8. The number of benzene rings is 1. The van der Waals surface area contributed by atoms with Crippen LogP contribution in [0.2, 0.25) is 6.04 Å². The first-order chi connectivity index (χ1) is 7.69. The lowest BCUT2D eigenvalue weighted by atomic mass is 10.4. The Labute approximate surface area is 105 Å². The second kappa shape index (κ2) is 6.43. The van der Waals surface area contributed by atoms with Crippen molar-refractivity contribution in [1.29, 1.82) is 0 Å². The summed E-state index contributed by atoms with van der Waals surface area (Å²) in [5, 5.41) is 1.35. The molecule has 0 saturated heterocycles. The van der Waals surface area contributed by atoms with Gasteiger partial charge in [0.15, 0.2) is 0 Å². The average Bonchev–Trinajstić information content (AvgIpc) is 2.32. The molecule has 90 valence electrons. The van der Waals surface area contributed by atoms with Crippen LogP contribution in [0.4, 0.5) is 0 Å². The van der Waals surface area contributed by atoms with E-state index in [1.54, 1.807) is 0 Å². The van der Waals surface area contributed by atoms with Gasteiger partial charge in [-0.1, -0.05) is 57.5 Å². The van der Waals surface area contributed by atoms with E-state index in [0.29, 0.717) is 0 Å². The molecule has 0 radical (unpaired) electrons. The minimum absolute atomic E-state index is 1.04. The summed E-state index contributed by atoms with van der Waals surface area (Å²) in [6.45, 7) is 8.71. The van der Waals surface area contributed by atoms with Crippen LogP contribution in [0.25, 0.3) is 0 Å². The highest BCUT2D eigenvalue weighted by Gasteiger charge is 2.37. The molecule has 3 heteroatoms. The van der Waals surface area contributed by atoms with Crippen LogP contribution >= 0.6 is 11.1 Å². The molecule has 0 amide bonds. The Morgan fingerprint density at radius 3 is 2.06 bits per heavy atom. The molecule has 0 aliphatic heterocycles. The molecule has 0 aromatic heterocycles. The molecular formula is C13H22ClNSi. The highest BCUT2D eigenvalue weighted by atomic mass is 35.6. The van der Waals surface area contributed by atoms with Crippen molar-refractivity contribution < 1.29 is 0 Å². The third-order valence-electron chi connectivity index (χ3n) is 3.06. The van der Waals surface area contributed by atoms with Crippen molar-refractivity contribution in [3.8, 4) is 0 Å². The van der Waals surface area contributed by atoms with Gasteiger partial charge in [-0.05, 0) is 24.3 Å². The lowest BCUT2D eigenvalue weighted by molar-refractivity contribution is 0.477. The zero-order valence-electron chi connectivity index (χ0n) is 10.5. The maximum Gasteiger partial charge on any atom is 0.260 e. The van der Waals surface area contributed by atoms with Gasteiger partial charge < -0.3 is 4.57 Å². The van der Waals surface area contributed by atoms with Gasteiger partial charge in [0.25, 0.3) is 7.55 Å². The first-order valence-electron chi connectivity index (χ1n) is 6.18. The number of halogens is 1. The van der Waals surface area contributed by atoms with E-state index in [1.165, 1.54) is 5.19 Å². The molecule has 0 saturated carbocycles. The van der Waals surface area contributed by atoms with Crippen molar-refractivity contribution in [3.63, 3.8) is 0 Å². The summed E-state index contributed by atoms with van der Waals surface area (Å²) in [6.07, 6.45) is 1.15. The quantitative estimate of drug-likeness (QED) is 0.557. The van der Waals surface area contributed by atoms with Crippen LogP contribution < -0.4 is 5.19 Å². The Balaban J connectivity index is 3.05. The lowest BCUT2D eigenvalue weighted by Gasteiger charge is -2.36. The molecule has 0 bridgehead atoms. The van der Waals surface area contributed by atoms with Gasteiger partial charge in [0.1, 0.15) is 0 Å². The minimum Gasteiger partial charge on any atom is -0.309 e. The van der Waals surface area contributed by atoms with Crippen LogP contribution in [0, 0.1) is 0 Å². The second-order valence-electron chi connectivity index (χ2n) is 4.05. The third-order valence-corrected chi connectivity index (χ3v) is 9.02. The molecule has 0 fully saturated rings. The second-order valence-corrected chi connectivity index (χ2v) is 9.15. The van der Waals surface area contributed by atoms with Gasteiger partial charge in [-0.2, -0.15) is 0 Å². The van der Waals surface area contributed by atoms with Gasteiger partial charge in [-0.25, -0.2) is 0 Å². The molecule has 0 heterocycles. The predicted octanol–water partition coefficient (Wildman–Crippen LogP) is 3.33. The largest absolute Gasteiger partial charge is 0.309 e. The normalized spacial score (nSPS) is 15.1. The van der Waals surface area contributed by atoms with E-state index < -0.39 is 7.55 Å². The number of hydrogen-bond donors (Lipinski definition) is 0. The van der Waals surface area contributed by atoms with Crippen molar-refractivity contribution in [2.75, 3.05) is 13.1 Å². The molecule has 1 aromatic rings. The van der Waals surface area contributed by atoms with Crippen LogP contribution in [0.1, 0.15) is 27.2 Å². The fourth-order valence-corrected chi connectivity index (χ4v) is 7.24. The lowest BCUT2D eigenvalue weighted by Crippen LogP contribution is -2.58. The van der Waals surface area contributed by atoms with Crippen molar-refractivity contribution in [3.05, 3.63) is 30.3 Å². The van der Waals surface area contributed by atoms with Gasteiger partial charge in [0.2, 0.25) is 0 Å². The van der Waals surface area contributed by atoms with E-state index >= 15 is 0 Å². The fourth-order valence-electron chi connectivity index (χ4n) is 2.23. The maximum atomic E-state index is 7.00. The summed E-state index contributed by atoms with van der Waals surface area (Å²) < 4.78 is 2.47. The Morgan fingerprint density at radius 1 is 1.06 bits per heavy atom. The van der Waals surface area contributed by atoms with Crippen molar-refractivity contribution >= 4 is 23.8 Å². The summed E-state index contributed by atoms with van der Waals surface area (Å²) in [4.78, 5) is 0. The van der Waals surface area contributed by atoms with Crippen LogP contribution in [-0.4, -0.2) is 25.2 Å². The van der Waals surface area contributed by atoms with Crippen LogP contribution in [0.15, 0.2) is 30.3 Å². The first-order valence-corrected chi connectivity index (χ1v) is 9.35. The molecule has 1 atom stereocenters. The Hall–Kier alpha value is -0.313. The van der Waals surface area contributed by atoms with E-state index in [9.17, 15) is 0 Å². The Kier molecular flexibility index (Phi) is 5.53. The van der Waals surface area contributed by atoms with Gasteiger partial charge in [-0.15, -0.1) is 11.1 Å². The third kappa shape index (κ3) is 2.87. The monoisotopic (exact) mass is 255 g/mol. The van der Waals surface area contributed by atoms with E-state index in [1.807, 2.05) is 0 Å². The van der Waals surface area contributed by atoms with Crippen LogP contribution in [0.3, 0.4) is 0 Å². The molecule has 0 N–H and O–H groups in total. The van der Waals surface area contributed by atoms with Gasteiger partial charge in [-0.3, -0.25) is 0 Å². The highest BCUT2D eigenvalue weighted by Crippen LogP contribution is 2.22. The van der Waals surface area contributed by atoms with Gasteiger partial charge in [0, 0.05) is 0 Å². The SMILES string of the molecule is CCC[Si](Cl)(c1ccccc1)N(CC)CC. The van der Waals surface area contributed by atoms with E-state index in [2.05, 4.69) is 55.7 Å². The molecule has 0 aliphatic rings. The first kappa shape index (κ1) is 13.8. The number of hydrogen-bond acceptors (Lipinski definition) is 1. The smallest absolute Gasteiger partial charge is 0.260 e. The summed E-state index contributed by atoms with van der Waals surface area (Å²) in [5.74, 6) is 0. The fraction of sp³-hybridized carbons (Fsp3) is 0.538. The molecule has 1 nitrogen and oxygen atoms in total. The maximum absolute atomic E-state index is 7.00. The highest BCUT2D eigenvalue weighted by molar-refractivity contribution is 7.25. The van der Waals surface area contributed by atoms with E-state index in [0.717, 1.165) is 25.6 Å². The van der Waals surface area contributed by atoms with Crippen LogP contribution in [-0.2, 0) is 0 Å². The van der Waals surface area contributed by atoms with Crippen molar-refractivity contribution in [1.82, 2.24) is 4.57 Å². The molecule has 1 rings (SSSR count). The average molecular weight is 256 g/mol. The predicted molar refractivity (Wildman–Crippen MR) is 75.7 cm³/mol. The number of rotatable bonds is 6. The molecule has 1 aromatic carbocycles. The molecule has 16 heavy (non-hydrogen) atoms. The van der Waals surface area contributed by atoms with Gasteiger partial charge >= 0.3 is 0 Å². The summed E-state index contributed by atoms with van der Waals surface area (Å²) in [5.41, 5.74) is 0. The zero-order valence-corrected chi connectivity index (χ0v) is 12.3. The Morgan fingerprint density at radius 2 is 1.62 bits per heavy atom. The topological polar surface area (TPSA) is 3.24 Å². The minimum atomic E-state index is -1.95. The van der Waals surface area contributed by atoms with Crippen molar-refractivity contribution in [2.24, 2.45) is 0 Å². The van der Waals surface area contributed by atoms with Crippen LogP contribution in [0.5, 0.6) is 0 Å². The molecular weight excluding hydrogens is 234 g/mol.